The first-order valence-electron chi connectivity index (χ1n) is 4.87. The summed E-state index contributed by atoms with van der Waals surface area (Å²) in [5.41, 5.74) is 1.71. The molecule has 0 fully saturated rings. The van der Waals surface area contributed by atoms with E-state index < -0.39 is 0 Å². The maximum Gasteiger partial charge on any atom is 0.202 e. The first-order chi connectivity index (χ1) is 7.86. The molecule has 0 unspecified atom stereocenters. The predicted molar refractivity (Wildman–Crippen MR) is 64.3 cm³/mol. The highest BCUT2D eigenvalue weighted by Gasteiger charge is 2.10. The molecule has 3 rings (SSSR count). The van der Waals surface area contributed by atoms with E-state index >= 15 is 0 Å². The minimum absolute atomic E-state index is 0.658. The molecular formula is C12H8BrNO2. The van der Waals surface area contributed by atoms with E-state index in [0.29, 0.717) is 16.9 Å². The summed E-state index contributed by atoms with van der Waals surface area (Å²) in [6, 6.07) is 11.7. The van der Waals surface area contributed by atoms with E-state index in [1.165, 1.54) is 0 Å². The molecule has 0 N–H and O–H groups in total. The topological polar surface area (TPSA) is 39.2 Å². The second kappa shape index (κ2) is 3.79. The van der Waals surface area contributed by atoms with Crippen molar-refractivity contribution < 1.29 is 8.94 Å². The van der Waals surface area contributed by atoms with Crippen LogP contribution in [-0.4, -0.2) is 5.16 Å². The third-order valence-electron chi connectivity index (χ3n) is 2.36. The van der Waals surface area contributed by atoms with Gasteiger partial charge < -0.3 is 8.94 Å². The van der Waals surface area contributed by atoms with Crippen molar-refractivity contribution in [1.29, 1.82) is 0 Å². The molecule has 0 saturated heterocycles. The average molecular weight is 278 g/mol. The van der Waals surface area contributed by atoms with Crippen molar-refractivity contribution in [3.05, 3.63) is 42.1 Å². The number of benzene rings is 1. The summed E-state index contributed by atoms with van der Waals surface area (Å²) >= 11 is 3.32. The Balaban J connectivity index is 2.11. The van der Waals surface area contributed by atoms with E-state index in [0.717, 1.165) is 16.7 Å². The van der Waals surface area contributed by atoms with Gasteiger partial charge in [0.05, 0.1) is 5.69 Å². The van der Waals surface area contributed by atoms with E-state index in [1.54, 1.807) is 0 Å². The summed E-state index contributed by atoms with van der Waals surface area (Å²) in [7, 11) is 0. The number of halogens is 1. The Morgan fingerprint density at radius 3 is 2.75 bits per heavy atom. The molecule has 16 heavy (non-hydrogen) atoms. The molecule has 0 spiro atoms. The maximum atomic E-state index is 5.66. The van der Waals surface area contributed by atoms with Crippen molar-refractivity contribution in [2.75, 3.05) is 0 Å². The van der Waals surface area contributed by atoms with Crippen molar-refractivity contribution in [3.63, 3.8) is 0 Å². The zero-order valence-corrected chi connectivity index (χ0v) is 9.90. The fourth-order valence-electron chi connectivity index (χ4n) is 1.59. The lowest BCUT2D eigenvalue weighted by molar-refractivity contribution is 0.416. The number of rotatable bonds is 2. The second-order valence-electron chi connectivity index (χ2n) is 3.46. The third kappa shape index (κ3) is 1.55. The van der Waals surface area contributed by atoms with Gasteiger partial charge in [-0.1, -0.05) is 39.3 Å². The van der Waals surface area contributed by atoms with Crippen LogP contribution in [0.15, 0.2) is 45.3 Å². The number of hydrogen-bond acceptors (Lipinski definition) is 3. The lowest BCUT2D eigenvalue weighted by atomic mass is 10.2. The number of para-hydroxylation sites is 1. The average Bonchev–Trinajstić information content (AvgIpc) is 2.95. The number of furan rings is 1. The summed E-state index contributed by atoms with van der Waals surface area (Å²) in [5.74, 6) is 1.37. The Hall–Kier alpha value is -1.55. The minimum Gasteiger partial charge on any atom is -0.453 e. The van der Waals surface area contributed by atoms with E-state index in [-0.39, 0.29) is 0 Å². The molecule has 0 radical (unpaired) electrons. The second-order valence-corrected chi connectivity index (χ2v) is 4.03. The molecule has 2 heterocycles. The summed E-state index contributed by atoms with van der Waals surface area (Å²) in [4.78, 5) is 0. The van der Waals surface area contributed by atoms with Crippen LogP contribution in [0.25, 0.3) is 22.5 Å². The van der Waals surface area contributed by atoms with Crippen LogP contribution in [0.3, 0.4) is 0 Å². The smallest absolute Gasteiger partial charge is 0.202 e. The van der Waals surface area contributed by atoms with Crippen LogP contribution in [0.4, 0.5) is 0 Å². The Morgan fingerprint density at radius 2 is 2.00 bits per heavy atom. The van der Waals surface area contributed by atoms with Crippen molar-refractivity contribution in [2.45, 2.75) is 5.33 Å². The van der Waals surface area contributed by atoms with Gasteiger partial charge in [-0.25, -0.2) is 0 Å². The number of hydrogen-bond donors (Lipinski definition) is 0. The Labute approximate surface area is 100 Å². The van der Waals surface area contributed by atoms with E-state index in [2.05, 4.69) is 21.1 Å². The fourth-order valence-corrected chi connectivity index (χ4v) is 1.86. The van der Waals surface area contributed by atoms with Crippen LogP contribution < -0.4 is 0 Å². The molecule has 3 nitrogen and oxygen atoms in total. The van der Waals surface area contributed by atoms with Gasteiger partial charge in [-0.05, 0) is 12.1 Å². The first-order valence-corrected chi connectivity index (χ1v) is 5.99. The molecule has 80 valence electrons. The van der Waals surface area contributed by atoms with Gasteiger partial charge in [0.1, 0.15) is 5.58 Å². The third-order valence-corrected chi connectivity index (χ3v) is 2.94. The predicted octanol–water partition coefficient (Wildman–Crippen LogP) is 3.98. The lowest BCUT2D eigenvalue weighted by Gasteiger charge is -1.85. The monoisotopic (exact) mass is 277 g/mol. The van der Waals surface area contributed by atoms with Crippen LogP contribution in [0.2, 0.25) is 0 Å². The largest absolute Gasteiger partial charge is 0.453 e. The molecule has 4 heteroatoms. The zero-order chi connectivity index (χ0) is 11.0. The van der Waals surface area contributed by atoms with Crippen molar-refractivity contribution >= 4 is 26.9 Å². The quantitative estimate of drug-likeness (QED) is 0.665. The summed E-state index contributed by atoms with van der Waals surface area (Å²) in [6.45, 7) is 0. The molecule has 0 saturated carbocycles. The van der Waals surface area contributed by atoms with Crippen molar-refractivity contribution in [2.24, 2.45) is 0 Å². The van der Waals surface area contributed by atoms with Crippen LogP contribution in [0, 0.1) is 0 Å². The van der Waals surface area contributed by atoms with Gasteiger partial charge >= 0.3 is 0 Å². The van der Waals surface area contributed by atoms with Gasteiger partial charge in [-0.3, -0.25) is 0 Å². The van der Waals surface area contributed by atoms with Gasteiger partial charge in [0.25, 0.3) is 0 Å². The SMILES string of the molecule is BrCc1cc(-c2cc3ccccc3o2)on1. The minimum atomic E-state index is 0.658. The molecule has 0 amide bonds. The van der Waals surface area contributed by atoms with Crippen LogP contribution in [-0.2, 0) is 5.33 Å². The summed E-state index contributed by atoms with van der Waals surface area (Å²) in [6.07, 6.45) is 0. The van der Waals surface area contributed by atoms with E-state index in [1.807, 2.05) is 36.4 Å². The zero-order valence-electron chi connectivity index (χ0n) is 8.31. The summed E-state index contributed by atoms with van der Waals surface area (Å²) < 4.78 is 10.9. The highest BCUT2D eigenvalue weighted by molar-refractivity contribution is 9.08. The van der Waals surface area contributed by atoms with Crippen molar-refractivity contribution in [3.8, 4) is 11.5 Å². The maximum absolute atomic E-state index is 5.66. The standard InChI is InChI=1S/C12H8BrNO2/c13-7-9-6-12(16-14-9)11-5-8-3-1-2-4-10(8)15-11/h1-6H,7H2. The molecule has 0 bridgehead atoms. The Kier molecular flexibility index (Phi) is 2.29. The fraction of sp³-hybridized carbons (Fsp3) is 0.0833. The van der Waals surface area contributed by atoms with Crippen LogP contribution in [0.1, 0.15) is 5.69 Å². The highest BCUT2D eigenvalue weighted by atomic mass is 79.9. The molecule has 0 aliphatic heterocycles. The first kappa shape index (κ1) is 9.66. The van der Waals surface area contributed by atoms with Crippen molar-refractivity contribution in [1.82, 2.24) is 5.16 Å². The lowest BCUT2D eigenvalue weighted by Crippen LogP contribution is -1.70. The highest BCUT2D eigenvalue weighted by Crippen LogP contribution is 2.28. The van der Waals surface area contributed by atoms with Gasteiger partial charge in [-0.15, -0.1) is 0 Å². The van der Waals surface area contributed by atoms with Gasteiger partial charge in [0, 0.05) is 16.8 Å². The molecule has 0 aliphatic rings. The Morgan fingerprint density at radius 1 is 1.12 bits per heavy atom. The van der Waals surface area contributed by atoms with E-state index in [4.69, 9.17) is 8.94 Å². The number of alkyl halides is 1. The van der Waals surface area contributed by atoms with E-state index in [9.17, 15) is 0 Å². The number of nitrogens with zero attached hydrogens (tertiary/aromatic N) is 1. The molecule has 1 aromatic carbocycles. The molecule has 3 aromatic rings. The summed E-state index contributed by atoms with van der Waals surface area (Å²) in [5, 5.41) is 5.64. The number of fused-ring (bicyclic) bond motifs is 1. The normalized spacial score (nSPS) is 11.1. The molecular weight excluding hydrogens is 270 g/mol. The molecule has 0 atom stereocenters. The Bertz CT molecular complexity index is 594. The molecule has 0 aliphatic carbocycles. The van der Waals surface area contributed by atoms with Gasteiger partial charge in [0.2, 0.25) is 5.76 Å². The van der Waals surface area contributed by atoms with Crippen LogP contribution in [0.5, 0.6) is 0 Å². The van der Waals surface area contributed by atoms with Gasteiger partial charge in [0.15, 0.2) is 5.76 Å². The molecule has 2 aromatic heterocycles. The van der Waals surface area contributed by atoms with Crippen LogP contribution >= 0.6 is 15.9 Å². The van der Waals surface area contributed by atoms with Gasteiger partial charge in [-0.2, -0.15) is 0 Å². The number of aromatic nitrogens is 1.